The fourth-order valence-corrected chi connectivity index (χ4v) is 1.47. The van der Waals surface area contributed by atoms with E-state index in [4.69, 9.17) is 21.4 Å². The van der Waals surface area contributed by atoms with Crippen molar-refractivity contribution in [3.8, 4) is 5.75 Å². The molecule has 0 saturated carbocycles. The van der Waals surface area contributed by atoms with Crippen LogP contribution >= 0.6 is 11.6 Å². The summed E-state index contributed by atoms with van der Waals surface area (Å²) in [7, 11) is 0. The summed E-state index contributed by atoms with van der Waals surface area (Å²) in [6.07, 6.45) is 0.679. The monoisotopic (exact) mass is 271 g/mol. The molecule has 0 spiro atoms. The average molecular weight is 272 g/mol. The Hall–Kier alpha value is -1.26. The number of amides is 1. The van der Waals surface area contributed by atoms with Gasteiger partial charge in [-0.15, -0.1) is 0 Å². The third-order valence-corrected chi connectivity index (χ3v) is 2.71. The molecule has 1 aromatic rings. The molecular weight excluding hydrogens is 254 g/mol. The van der Waals surface area contributed by atoms with E-state index in [0.29, 0.717) is 23.7 Å². The minimum absolute atomic E-state index is 0.0204. The van der Waals surface area contributed by atoms with Crippen LogP contribution in [0.5, 0.6) is 5.75 Å². The molecule has 1 amide bonds. The largest absolute Gasteiger partial charge is 0.484 e. The number of carbonyl (C=O) groups excluding carboxylic acids is 1. The zero-order chi connectivity index (χ0) is 13.4. The molecule has 0 bridgehead atoms. The second-order valence-electron chi connectivity index (χ2n) is 4.16. The number of carbonyl (C=O) groups is 1. The summed E-state index contributed by atoms with van der Waals surface area (Å²) in [6.45, 7) is 2.63. The highest BCUT2D eigenvalue weighted by atomic mass is 35.5. The predicted molar refractivity (Wildman–Crippen MR) is 70.8 cm³/mol. The maximum atomic E-state index is 11.5. The van der Waals surface area contributed by atoms with Crippen LogP contribution < -0.4 is 10.1 Å². The number of hydrogen-bond acceptors (Lipinski definition) is 3. The second kappa shape index (κ2) is 7.95. The first-order chi connectivity index (χ1) is 8.61. The molecule has 1 rings (SSSR count). The molecule has 0 aromatic heterocycles. The SMILES string of the molecule is CC(CCO)CNC(=O)COc1ccc(Cl)cc1. The molecule has 0 radical (unpaired) electrons. The van der Waals surface area contributed by atoms with Gasteiger partial charge in [0.15, 0.2) is 6.61 Å². The van der Waals surface area contributed by atoms with Gasteiger partial charge in [-0.05, 0) is 36.6 Å². The summed E-state index contributed by atoms with van der Waals surface area (Å²) >= 11 is 5.73. The van der Waals surface area contributed by atoms with Gasteiger partial charge in [0.05, 0.1) is 0 Å². The van der Waals surface area contributed by atoms with E-state index in [9.17, 15) is 4.79 Å². The van der Waals surface area contributed by atoms with Crippen molar-refractivity contribution in [2.75, 3.05) is 19.8 Å². The van der Waals surface area contributed by atoms with Crippen LogP contribution in [0.25, 0.3) is 0 Å². The van der Waals surface area contributed by atoms with Gasteiger partial charge in [0.25, 0.3) is 5.91 Å². The van der Waals surface area contributed by atoms with Crippen LogP contribution in [0.15, 0.2) is 24.3 Å². The summed E-state index contributed by atoms with van der Waals surface area (Å²) in [5.41, 5.74) is 0. The Morgan fingerprint density at radius 1 is 1.44 bits per heavy atom. The molecule has 0 aliphatic rings. The van der Waals surface area contributed by atoms with Crippen LogP contribution in [0.3, 0.4) is 0 Å². The van der Waals surface area contributed by atoms with Crippen molar-refractivity contribution >= 4 is 17.5 Å². The molecule has 1 atom stereocenters. The predicted octanol–water partition coefficient (Wildman–Crippen LogP) is 1.85. The standard InChI is InChI=1S/C13H18ClNO3/c1-10(6-7-16)8-15-13(17)9-18-12-4-2-11(14)3-5-12/h2-5,10,16H,6-9H2,1H3,(H,15,17). The van der Waals surface area contributed by atoms with E-state index < -0.39 is 0 Å². The number of aliphatic hydroxyl groups excluding tert-OH is 1. The highest BCUT2D eigenvalue weighted by molar-refractivity contribution is 6.30. The molecule has 1 unspecified atom stereocenters. The van der Waals surface area contributed by atoms with E-state index in [2.05, 4.69) is 5.32 Å². The number of nitrogens with one attached hydrogen (secondary N) is 1. The van der Waals surface area contributed by atoms with Gasteiger partial charge in [-0.25, -0.2) is 0 Å². The molecule has 100 valence electrons. The van der Waals surface area contributed by atoms with Gasteiger partial charge in [-0.1, -0.05) is 18.5 Å². The Labute approximate surface area is 112 Å². The number of ether oxygens (including phenoxy) is 1. The van der Waals surface area contributed by atoms with E-state index >= 15 is 0 Å². The summed E-state index contributed by atoms with van der Waals surface area (Å²) in [5.74, 6) is 0.696. The Balaban J connectivity index is 2.22. The first-order valence-corrected chi connectivity index (χ1v) is 6.25. The van der Waals surface area contributed by atoms with Crippen LogP contribution in [-0.4, -0.2) is 30.8 Å². The quantitative estimate of drug-likeness (QED) is 0.796. The number of benzene rings is 1. The molecule has 0 heterocycles. The summed E-state index contributed by atoms with van der Waals surface area (Å²) in [4.78, 5) is 11.5. The molecule has 2 N–H and O–H groups in total. The lowest BCUT2D eigenvalue weighted by Gasteiger charge is -2.11. The van der Waals surface area contributed by atoms with Gasteiger partial charge in [-0.2, -0.15) is 0 Å². The fraction of sp³-hybridized carbons (Fsp3) is 0.462. The van der Waals surface area contributed by atoms with Crippen LogP contribution in [0.2, 0.25) is 5.02 Å². The van der Waals surface area contributed by atoms with Crippen molar-refractivity contribution in [2.24, 2.45) is 5.92 Å². The van der Waals surface area contributed by atoms with Crippen LogP contribution in [0.4, 0.5) is 0 Å². The lowest BCUT2D eigenvalue weighted by atomic mass is 10.1. The Bertz CT molecular complexity index is 367. The molecule has 4 nitrogen and oxygen atoms in total. The van der Waals surface area contributed by atoms with Crippen molar-refractivity contribution in [2.45, 2.75) is 13.3 Å². The summed E-state index contributed by atoms with van der Waals surface area (Å²) < 4.78 is 5.29. The van der Waals surface area contributed by atoms with E-state index in [1.165, 1.54) is 0 Å². The number of halogens is 1. The maximum Gasteiger partial charge on any atom is 0.257 e. The molecule has 0 aliphatic carbocycles. The lowest BCUT2D eigenvalue weighted by molar-refractivity contribution is -0.123. The summed E-state index contributed by atoms with van der Waals surface area (Å²) in [5, 5.41) is 12.1. The van der Waals surface area contributed by atoms with Crippen molar-refractivity contribution in [1.82, 2.24) is 5.32 Å². The molecule has 0 aliphatic heterocycles. The van der Waals surface area contributed by atoms with E-state index in [1.54, 1.807) is 24.3 Å². The van der Waals surface area contributed by atoms with Crippen molar-refractivity contribution in [3.05, 3.63) is 29.3 Å². The van der Waals surface area contributed by atoms with Crippen molar-refractivity contribution in [1.29, 1.82) is 0 Å². The van der Waals surface area contributed by atoms with E-state index in [-0.39, 0.29) is 25.0 Å². The molecule has 18 heavy (non-hydrogen) atoms. The van der Waals surface area contributed by atoms with Gasteiger partial charge >= 0.3 is 0 Å². The minimum atomic E-state index is -0.172. The molecule has 1 aromatic carbocycles. The van der Waals surface area contributed by atoms with E-state index in [0.717, 1.165) is 0 Å². The third kappa shape index (κ3) is 5.89. The highest BCUT2D eigenvalue weighted by Gasteiger charge is 2.06. The second-order valence-corrected chi connectivity index (χ2v) is 4.60. The summed E-state index contributed by atoms with van der Waals surface area (Å²) in [6, 6.07) is 6.84. The Kier molecular flexibility index (Phi) is 6.54. The fourth-order valence-electron chi connectivity index (χ4n) is 1.34. The van der Waals surface area contributed by atoms with Gasteiger partial charge < -0.3 is 15.2 Å². The molecular formula is C13H18ClNO3. The van der Waals surface area contributed by atoms with Crippen molar-refractivity contribution < 1.29 is 14.6 Å². The van der Waals surface area contributed by atoms with Gasteiger partial charge in [-0.3, -0.25) is 4.79 Å². The smallest absolute Gasteiger partial charge is 0.257 e. The van der Waals surface area contributed by atoms with Gasteiger partial charge in [0.1, 0.15) is 5.75 Å². The van der Waals surface area contributed by atoms with Crippen LogP contribution in [-0.2, 0) is 4.79 Å². The third-order valence-electron chi connectivity index (χ3n) is 2.45. The number of rotatable bonds is 7. The molecule has 0 fully saturated rings. The maximum absolute atomic E-state index is 11.5. The number of hydrogen-bond donors (Lipinski definition) is 2. The van der Waals surface area contributed by atoms with Crippen LogP contribution in [0, 0.1) is 5.92 Å². The zero-order valence-corrected chi connectivity index (χ0v) is 11.1. The topological polar surface area (TPSA) is 58.6 Å². The number of aliphatic hydroxyl groups is 1. The highest BCUT2D eigenvalue weighted by Crippen LogP contribution is 2.15. The molecule has 5 heteroatoms. The lowest BCUT2D eigenvalue weighted by Crippen LogP contribution is -2.32. The van der Waals surface area contributed by atoms with Crippen molar-refractivity contribution in [3.63, 3.8) is 0 Å². The van der Waals surface area contributed by atoms with Gasteiger partial charge in [0.2, 0.25) is 0 Å². The Morgan fingerprint density at radius 2 is 2.11 bits per heavy atom. The first kappa shape index (κ1) is 14.8. The van der Waals surface area contributed by atoms with Gasteiger partial charge in [0, 0.05) is 18.2 Å². The normalized spacial score (nSPS) is 11.9. The average Bonchev–Trinajstić information content (AvgIpc) is 2.36. The van der Waals surface area contributed by atoms with E-state index in [1.807, 2.05) is 6.92 Å². The minimum Gasteiger partial charge on any atom is -0.484 e. The Morgan fingerprint density at radius 3 is 2.72 bits per heavy atom. The van der Waals surface area contributed by atoms with Crippen LogP contribution in [0.1, 0.15) is 13.3 Å². The zero-order valence-electron chi connectivity index (χ0n) is 10.4. The first-order valence-electron chi connectivity index (χ1n) is 5.87. The molecule has 0 saturated heterocycles.